The number of rotatable bonds is 6. The summed E-state index contributed by atoms with van der Waals surface area (Å²) in [5, 5.41) is 13.6. The SMILES string of the molecule is CN=C(NCc1ccccn1)NCc1nc(-c2ccc(OC)cc2)n[nH]1.I. The average molecular weight is 479 g/mol. The fraction of sp³-hybridized carbons (Fsp3) is 0.222. The number of nitrogens with zero attached hydrogens (tertiary/aromatic N) is 4. The molecule has 0 bridgehead atoms. The van der Waals surface area contributed by atoms with Crippen molar-refractivity contribution in [2.75, 3.05) is 14.2 Å². The quantitative estimate of drug-likeness (QED) is 0.285. The van der Waals surface area contributed by atoms with E-state index >= 15 is 0 Å². The number of hydrogen-bond donors (Lipinski definition) is 3. The lowest BCUT2D eigenvalue weighted by Gasteiger charge is -2.10. The van der Waals surface area contributed by atoms with E-state index in [1.807, 2.05) is 42.5 Å². The van der Waals surface area contributed by atoms with Crippen LogP contribution in [0.3, 0.4) is 0 Å². The first-order valence-electron chi connectivity index (χ1n) is 8.18. The van der Waals surface area contributed by atoms with Crippen LogP contribution in [0.1, 0.15) is 11.5 Å². The van der Waals surface area contributed by atoms with Crippen molar-refractivity contribution in [2.45, 2.75) is 13.1 Å². The fourth-order valence-corrected chi connectivity index (χ4v) is 2.31. The van der Waals surface area contributed by atoms with Gasteiger partial charge in [-0.15, -0.1) is 24.0 Å². The Morgan fingerprint density at radius 3 is 2.56 bits per heavy atom. The zero-order valence-electron chi connectivity index (χ0n) is 15.1. The molecule has 0 saturated heterocycles. The maximum Gasteiger partial charge on any atom is 0.191 e. The number of ether oxygens (including phenoxy) is 1. The first-order valence-corrected chi connectivity index (χ1v) is 8.18. The molecular formula is C18H22IN7O. The second kappa shape index (κ2) is 10.5. The molecule has 0 fully saturated rings. The molecule has 0 aliphatic heterocycles. The Hall–Kier alpha value is -2.69. The highest BCUT2D eigenvalue weighted by atomic mass is 127. The highest BCUT2D eigenvalue weighted by molar-refractivity contribution is 14.0. The van der Waals surface area contributed by atoms with E-state index in [0.29, 0.717) is 24.9 Å². The van der Waals surface area contributed by atoms with Crippen molar-refractivity contribution < 1.29 is 4.74 Å². The van der Waals surface area contributed by atoms with Gasteiger partial charge in [0.15, 0.2) is 11.8 Å². The molecule has 0 atom stereocenters. The average Bonchev–Trinajstić information content (AvgIpc) is 3.18. The zero-order valence-corrected chi connectivity index (χ0v) is 17.5. The van der Waals surface area contributed by atoms with Gasteiger partial charge in [0.05, 0.1) is 25.9 Å². The van der Waals surface area contributed by atoms with Gasteiger partial charge in [0, 0.05) is 18.8 Å². The van der Waals surface area contributed by atoms with E-state index in [2.05, 4.69) is 35.8 Å². The minimum absolute atomic E-state index is 0. The molecule has 8 nitrogen and oxygen atoms in total. The van der Waals surface area contributed by atoms with Crippen molar-refractivity contribution in [2.24, 2.45) is 4.99 Å². The molecule has 1 aromatic carbocycles. The number of aromatic nitrogens is 4. The Labute approximate surface area is 174 Å². The summed E-state index contributed by atoms with van der Waals surface area (Å²) in [5.74, 6) is 2.82. The Morgan fingerprint density at radius 1 is 1.11 bits per heavy atom. The van der Waals surface area contributed by atoms with Gasteiger partial charge in [-0.2, -0.15) is 5.10 Å². The van der Waals surface area contributed by atoms with Gasteiger partial charge in [0.1, 0.15) is 11.6 Å². The minimum atomic E-state index is 0. The Kier molecular flexibility index (Phi) is 7.99. The van der Waals surface area contributed by atoms with E-state index in [-0.39, 0.29) is 24.0 Å². The number of hydrogen-bond acceptors (Lipinski definition) is 5. The number of pyridine rings is 1. The summed E-state index contributed by atoms with van der Waals surface area (Å²) in [6.07, 6.45) is 1.77. The van der Waals surface area contributed by atoms with Crippen LogP contribution in [-0.2, 0) is 13.1 Å². The molecule has 0 amide bonds. The van der Waals surface area contributed by atoms with Gasteiger partial charge < -0.3 is 15.4 Å². The molecule has 0 saturated carbocycles. The number of aromatic amines is 1. The van der Waals surface area contributed by atoms with Crippen LogP contribution in [0, 0.1) is 0 Å². The molecule has 0 unspecified atom stereocenters. The standard InChI is InChI=1S/C18H21N7O.HI/c1-19-18(21-11-14-5-3-4-10-20-14)22-12-16-23-17(25-24-16)13-6-8-15(26-2)9-7-13;/h3-10H,11-12H2,1-2H3,(H2,19,21,22)(H,23,24,25);1H. The lowest BCUT2D eigenvalue weighted by molar-refractivity contribution is 0.415. The van der Waals surface area contributed by atoms with Crippen molar-refractivity contribution >= 4 is 29.9 Å². The van der Waals surface area contributed by atoms with Crippen LogP contribution in [0.15, 0.2) is 53.7 Å². The van der Waals surface area contributed by atoms with Gasteiger partial charge in [-0.3, -0.25) is 15.1 Å². The zero-order chi connectivity index (χ0) is 18.2. The molecule has 142 valence electrons. The Balaban J connectivity index is 0.00000261. The Morgan fingerprint density at radius 2 is 1.89 bits per heavy atom. The summed E-state index contributed by atoms with van der Waals surface area (Å²) in [5.41, 5.74) is 1.86. The van der Waals surface area contributed by atoms with Gasteiger partial charge >= 0.3 is 0 Å². The van der Waals surface area contributed by atoms with Gasteiger partial charge in [0.25, 0.3) is 0 Å². The third-order valence-electron chi connectivity index (χ3n) is 3.69. The maximum atomic E-state index is 5.16. The van der Waals surface area contributed by atoms with Gasteiger partial charge in [-0.1, -0.05) is 6.07 Å². The van der Waals surface area contributed by atoms with E-state index in [1.54, 1.807) is 20.4 Å². The molecule has 9 heteroatoms. The maximum absolute atomic E-state index is 5.16. The molecule has 0 aliphatic rings. The number of nitrogens with one attached hydrogen (secondary N) is 3. The van der Waals surface area contributed by atoms with Crippen LogP contribution >= 0.6 is 24.0 Å². The predicted molar refractivity (Wildman–Crippen MR) is 115 cm³/mol. The minimum Gasteiger partial charge on any atom is -0.497 e. The first-order chi connectivity index (χ1) is 12.8. The summed E-state index contributed by atoms with van der Waals surface area (Å²) in [7, 11) is 3.36. The molecule has 3 rings (SSSR count). The fourth-order valence-electron chi connectivity index (χ4n) is 2.31. The van der Waals surface area contributed by atoms with Crippen LogP contribution in [0.2, 0.25) is 0 Å². The van der Waals surface area contributed by atoms with Crippen LogP contribution in [0.25, 0.3) is 11.4 Å². The second-order valence-corrected chi connectivity index (χ2v) is 5.43. The summed E-state index contributed by atoms with van der Waals surface area (Å²) < 4.78 is 5.16. The van der Waals surface area contributed by atoms with E-state index in [9.17, 15) is 0 Å². The van der Waals surface area contributed by atoms with Crippen molar-refractivity contribution in [3.8, 4) is 17.1 Å². The molecule has 0 radical (unpaired) electrons. The molecule has 3 aromatic rings. The van der Waals surface area contributed by atoms with Crippen LogP contribution in [0.5, 0.6) is 5.75 Å². The van der Waals surface area contributed by atoms with Crippen molar-refractivity contribution in [3.63, 3.8) is 0 Å². The normalized spacial score (nSPS) is 10.8. The third kappa shape index (κ3) is 5.91. The molecule has 0 aliphatic carbocycles. The number of methoxy groups -OCH3 is 1. The van der Waals surface area contributed by atoms with Crippen LogP contribution in [0.4, 0.5) is 0 Å². The van der Waals surface area contributed by atoms with Gasteiger partial charge in [0.2, 0.25) is 0 Å². The number of benzene rings is 1. The molecule has 0 spiro atoms. The summed E-state index contributed by atoms with van der Waals surface area (Å²) in [6.45, 7) is 1.07. The van der Waals surface area contributed by atoms with Crippen molar-refractivity contribution in [1.29, 1.82) is 0 Å². The van der Waals surface area contributed by atoms with E-state index < -0.39 is 0 Å². The van der Waals surface area contributed by atoms with Gasteiger partial charge in [-0.25, -0.2) is 4.98 Å². The van der Waals surface area contributed by atoms with Crippen molar-refractivity contribution in [3.05, 3.63) is 60.2 Å². The van der Waals surface area contributed by atoms with Crippen LogP contribution < -0.4 is 15.4 Å². The summed E-state index contributed by atoms with van der Waals surface area (Å²) >= 11 is 0. The lowest BCUT2D eigenvalue weighted by Crippen LogP contribution is -2.36. The first kappa shape index (κ1) is 20.6. The summed E-state index contributed by atoms with van der Waals surface area (Å²) in [6, 6.07) is 13.4. The molecule has 2 heterocycles. The monoisotopic (exact) mass is 479 g/mol. The van der Waals surface area contributed by atoms with Gasteiger partial charge in [-0.05, 0) is 36.4 Å². The molecule has 2 aromatic heterocycles. The molecule has 27 heavy (non-hydrogen) atoms. The summed E-state index contributed by atoms with van der Waals surface area (Å²) in [4.78, 5) is 13.0. The smallest absolute Gasteiger partial charge is 0.191 e. The number of guanidine groups is 1. The molecule has 3 N–H and O–H groups in total. The van der Waals surface area contributed by atoms with Crippen LogP contribution in [-0.4, -0.2) is 40.3 Å². The topological polar surface area (TPSA) is 100 Å². The van der Waals surface area contributed by atoms with E-state index in [1.165, 1.54) is 0 Å². The third-order valence-corrected chi connectivity index (χ3v) is 3.69. The highest BCUT2D eigenvalue weighted by Gasteiger charge is 2.07. The Bertz CT molecular complexity index is 850. The van der Waals surface area contributed by atoms with E-state index in [0.717, 1.165) is 22.8 Å². The highest BCUT2D eigenvalue weighted by Crippen LogP contribution is 2.18. The number of H-pyrrole nitrogens is 1. The lowest BCUT2D eigenvalue weighted by atomic mass is 10.2. The molecular weight excluding hydrogens is 457 g/mol. The second-order valence-electron chi connectivity index (χ2n) is 5.43. The largest absolute Gasteiger partial charge is 0.497 e. The predicted octanol–water partition coefficient (Wildman–Crippen LogP) is 2.36. The van der Waals surface area contributed by atoms with E-state index in [4.69, 9.17) is 4.74 Å². The number of aliphatic imine (C=N–C) groups is 1. The van der Waals surface area contributed by atoms with Crippen molar-refractivity contribution in [1.82, 2.24) is 30.8 Å². The number of halogens is 1.